The Morgan fingerprint density at radius 3 is 2.81 bits per heavy atom. The number of nitrogens with zero attached hydrogens (tertiary/aromatic N) is 1. The smallest absolute Gasteiger partial charge is 0.0765 e. The first-order valence-corrected chi connectivity index (χ1v) is 13.2. The van der Waals surface area contributed by atoms with E-state index in [9.17, 15) is 5.21 Å². The first-order valence-electron chi connectivity index (χ1n) is 13.2. The Balaban J connectivity index is 1.28. The molecule has 0 aromatic heterocycles. The van der Waals surface area contributed by atoms with E-state index in [0.29, 0.717) is 23.5 Å². The molecule has 2 aliphatic heterocycles. The van der Waals surface area contributed by atoms with Crippen molar-refractivity contribution in [2.75, 3.05) is 6.54 Å². The van der Waals surface area contributed by atoms with Crippen LogP contribution in [-0.4, -0.2) is 35.2 Å². The molecule has 0 amide bonds. The third-order valence-corrected chi connectivity index (χ3v) is 11.3. The molecule has 2 heterocycles. The molecule has 2 N–H and O–H groups in total. The molecule has 9 unspecified atom stereocenters. The molecule has 4 heteroatoms. The minimum atomic E-state index is 0.0715. The van der Waals surface area contributed by atoms with Crippen molar-refractivity contribution in [3.05, 3.63) is 11.1 Å². The van der Waals surface area contributed by atoms with Gasteiger partial charge in [-0.1, -0.05) is 30.1 Å². The fourth-order valence-corrected chi connectivity index (χ4v) is 9.51. The van der Waals surface area contributed by atoms with Gasteiger partial charge in [0.2, 0.25) is 0 Å². The molecule has 6 aliphatic rings. The predicted molar refractivity (Wildman–Crippen MR) is 123 cm³/mol. The quantitative estimate of drug-likeness (QED) is 0.297. The minimum absolute atomic E-state index is 0.0715. The van der Waals surface area contributed by atoms with Crippen LogP contribution in [0.15, 0.2) is 16.3 Å². The molecular weight excluding hydrogens is 384 g/mol. The standard InChI is InChI=1S/C27H42N2O2/c1-16-15-27(17(2)25-24(31-27)5-4-12-28-25)11-9-20-21-7-6-18-13-19(29-30)8-10-26(18,3)23(21)14-22(16)20/h17-18,20-21,23-25,28,30H,4-15H2,1-3H3/b29-19+. The van der Waals surface area contributed by atoms with Crippen molar-refractivity contribution < 1.29 is 9.94 Å². The summed E-state index contributed by atoms with van der Waals surface area (Å²) in [6, 6.07) is 0.566. The summed E-state index contributed by atoms with van der Waals surface area (Å²) in [5.74, 6) is 3.83. The van der Waals surface area contributed by atoms with E-state index < -0.39 is 0 Å². The number of piperidine rings is 1. The van der Waals surface area contributed by atoms with Gasteiger partial charge in [-0.15, -0.1) is 0 Å². The number of hydrogen-bond acceptors (Lipinski definition) is 4. The van der Waals surface area contributed by atoms with Crippen LogP contribution in [0.1, 0.15) is 91.4 Å². The van der Waals surface area contributed by atoms with Gasteiger partial charge in [0.1, 0.15) is 0 Å². The van der Waals surface area contributed by atoms with Gasteiger partial charge in [0.25, 0.3) is 0 Å². The highest BCUT2D eigenvalue weighted by molar-refractivity contribution is 5.85. The number of hydrogen-bond donors (Lipinski definition) is 2. The zero-order chi connectivity index (χ0) is 21.4. The maximum atomic E-state index is 9.35. The molecule has 31 heavy (non-hydrogen) atoms. The van der Waals surface area contributed by atoms with Gasteiger partial charge in [0.05, 0.1) is 17.4 Å². The number of allylic oxidation sites excluding steroid dienone is 1. The summed E-state index contributed by atoms with van der Waals surface area (Å²) in [4.78, 5) is 0. The van der Waals surface area contributed by atoms with Crippen molar-refractivity contribution in [3.63, 3.8) is 0 Å². The van der Waals surface area contributed by atoms with Gasteiger partial charge in [-0.3, -0.25) is 0 Å². The van der Waals surface area contributed by atoms with Crippen LogP contribution < -0.4 is 5.32 Å². The number of ether oxygens (including phenoxy) is 1. The summed E-state index contributed by atoms with van der Waals surface area (Å²) in [7, 11) is 0. The molecule has 3 saturated carbocycles. The molecule has 0 bridgehead atoms. The van der Waals surface area contributed by atoms with E-state index in [-0.39, 0.29) is 5.60 Å². The van der Waals surface area contributed by atoms with Crippen LogP contribution in [0, 0.1) is 35.0 Å². The third-order valence-electron chi connectivity index (χ3n) is 11.3. The first kappa shape index (κ1) is 20.7. The van der Waals surface area contributed by atoms with E-state index in [4.69, 9.17) is 4.74 Å². The SMILES string of the molecule is CC1=C2CC3C(CCC4C/C(=N/O)CCC43C)C2CCC2(C1)OC1CCCNC1C2C. The summed E-state index contributed by atoms with van der Waals surface area (Å²) in [6.45, 7) is 8.68. The summed E-state index contributed by atoms with van der Waals surface area (Å²) in [6.07, 6.45) is 14.0. The monoisotopic (exact) mass is 426 g/mol. The van der Waals surface area contributed by atoms with E-state index in [2.05, 4.69) is 31.2 Å². The lowest BCUT2D eigenvalue weighted by Gasteiger charge is -2.52. The second-order valence-electron chi connectivity index (χ2n) is 12.4. The van der Waals surface area contributed by atoms with Crippen LogP contribution in [0.4, 0.5) is 0 Å². The van der Waals surface area contributed by atoms with Crippen molar-refractivity contribution in [2.24, 2.45) is 40.2 Å². The predicted octanol–water partition coefficient (Wildman–Crippen LogP) is 5.70. The van der Waals surface area contributed by atoms with Crippen LogP contribution in [0.5, 0.6) is 0 Å². The maximum Gasteiger partial charge on any atom is 0.0765 e. The lowest BCUT2D eigenvalue weighted by Crippen LogP contribution is -2.47. The van der Waals surface area contributed by atoms with Gasteiger partial charge >= 0.3 is 0 Å². The average Bonchev–Trinajstić information content (AvgIpc) is 3.24. The summed E-state index contributed by atoms with van der Waals surface area (Å²) < 4.78 is 6.95. The molecule has 172 valence electrons. The highest BCUT2D eigenvalue weighted by atomic mass is 16.5. The Labute approximate surface area is 188 Å². The number of oxime groups is 1. The van der Waals surface area contributed by atoms with Crippen molar-refractivity contribution in [1.82, 2.24) is 5.32 Å². The molecule has 9 atom stereocenters. The van der Waals surface area contributed by atoms with Crippen LogP contribution in [0.2, 0.25) is 0 Å². The van der Waals surface area contributed by atoms with Gasteiger partial charge in [-0.2, -0.15) is 0 Å². The number of nitrogens with one attached hydrogen (secondary N) is 1. The topological polar surface area (TPSA) is 53.9 Å². The fraction of sp³-hybridized carbons (Fsp3) is 0.889. The number of rotatable bonds is 0. The third kappa shape index (κ3) is 2.96. The van der Waals surface area contributed by atoms with Crippen molar-refractivity contribution in [1.29, 1.82) is 0 Å². The van der Waals surface area contributed by atoms with Crippen molar-refractivity contribution >= 4 is 5.71 Å². The first-order chi connectivity index (χ1) is 14.9. The zero-order valence-electron chi connectivity index (χ0n) is 19.8. The second kappa shape index (κ2) is 7.32. The molecule has 5 fully saturated rings. The van der Waals surface area contributed by atoms with E-state index in [1.54, 1.807) is 5.57 Å². The molecule has 4 aliphatic carbocycles. The highest BCUT2D eigenvalue weighted by Crippen LogP contribution is 2.65. The largest absolute Gasteiger partial charge is 0.411 e. The van der Waals surface area contributed by atoms with Crippen molar-refractivity contribution in [2.45, 2.75) is 109 Å². The fourth-order valence-electron chi connectivity index (χ4n) is 9.51. The lowest BCUT2D eigenvalue weighted by atomic mass is 9.52. The molecule has 0 aromatic carbocycles. The van der Waals surface area contributed by atoms with Crippen molar-refractivity contribution in [3.8, 4) is 0 Å². The molecular formula is C27H42N2O2. The minimum Gasteiger partial charge on any atom is -0.411 e. The van der Waals surface area contributed by atoms with Crippen LogP contribution in [0.25, 0.3) is 0 Å². The maximum absolute atomic E-state index is 9.35. The van der Waals surface area contributed by atoms with Crippen LogP contribution >= 0.6 is 0 Å². The Morgan fingerprint density at radius 1 is 1.13 bits per heavy atom. The van der Waals surface area contributed by atoms with Crippen LogP contribution in [0.3, 0.4) is 0 Å². The van der Waals surface area contributed by atoms with Gasteiger partial charge in [0.15, 0.2) is 0 Å². The molecule has 0 radical (unpaired) electrons. The van der Waals surface area contributed by atoms with Gasteiger partial charge in [0, 0.05) is 12.0 Å². The van der Waals surface area contributed by atoms with Gasteiger partial charge in [-0.05, 0) is 113 Å². The lowest BCUT2D eigenvalue weighted by molar-refractivity contribution is -0.0697. The summed E-state index contributed by atoms with van der Waals surface area (Å²) in [5, 5.41) is 16.8. The molecule has 1 spiro atoms. The molecule has 6 rings (SSSR count). The van der Waals surface area contributed by atoms with Gasteiger partial charge < -0.3 is 15.3 Å². The Hall–Kier alpha value is -0.870. The zero-order valence-corrected chi connectivity index (χ0v) is 19.8. The van der Waals surface area contributed by atoms with E-state index >= 15 is 0 Å². The normalized spacial score (nSPS) is 53.1. The molecule has 4 nitrogen and oxygen atoms in total. The van der Waals surface area contributed by atoms with E-state index in [1.807, 2.05) is 5.57 Å². The van der Waals surface area contributed by atoms with E-state index in [1.165, 1.54) is 57.9 Å². The van der Waals surface area contributed by atoms with Gasteiger partial charge in [-0.25, -0.2) is 0 Å². The molecule has 0 aromatic rings. The summed E-state index contributed by atoms with van der Waals surface area (Å²) >= 11 is 0. The Bertz CT molecular complexity index is 805. The Morgan fingerprint density at radius 2 is 2.00 bits per heavy atom. The Kier molecular flexibility index (Phi) is 4.89. The second-order valence-corrected chi connectivity index (χ2v) is 12.4. The van der Waals surface area contributed by atoms with E-state index in [0.717, 1.165) is 48.6 Å². The average molecular weight is 427 g/mol. The van der Waals surface area contributed by atoms with Crippen LogP contribution in [-0.2, 0) is 4.74 Å². The molecule has 2 saturated heterocycles. The summed E-state index contributed by atoms with van der Waals surface area (Å²) in [5.41, 5.74) is 5.06. The highest BCUT2D eigenvalue weighted by Gasteiger charge is 2.58. The number of fused-ring (bicyclic) bond motifs is 6.